The molecule has 0 spiro atoms. The Balaban J connectivity index is 1.95. The molecule has 2 rings (SSSR count). The van der Waals surface area contributed by atoms with Crippen LogP contribution in [0.25, 0.3) is 0 Å². The minimum Gasteiger partial charge on any atom is -0.313 e. The number of hydrogen-bond acceptors (Lipinski definition) is 1. The maximum atomic E-state index is 3.80. The molecule has 0 aromatic heterocycles. The Labute approximate surface area is 68.9 Å². The van der Waals surface area contributed by atoms with E-state index in [0.717, 1.165) is 24.3 Å². The minimum atomic E-state index is 0.756. The van der Waals surface area contributed by atoms with Crippen LogP contribution in [-0.4, -0.2) is 12.6 Å². The summed E-state index contributed by atoms with van der Waals surface area (Å²) in [4.78, 5) is 0. The van der Waals surface area contributed by atoms with E-state index in [1.54, 1.807) is 0 Å². The monoisotopic (exact) mass is 151 g/mol. The van der Waals surface area contributed by atoms with Gasteiger partial charge in [0.05, 0.1) is 0 Å². The van der Waals surface area contributed by atoms with Gasteiger partial charge in [-0.05, 0) is 44.1 Å². The number of piperidine rings is 1. The van der Waals surface area contributed by atoms with Gasteiger partial charge >= 0.3 is 0 Å². The molecule has 1 heteroatoms. The van der Waals surface area contributed by atoms with Gasteiger partial charge in [-0.2, -0.15) is 0 Å². The Kier molecular flexibility index (Phi) is 1.99. The van der Waals surface area contributed by atoms with Crippen LogP contribution >= 0.6 is 0 Å². The quantitative estimate of drug-likeness (QED) is 0.595. The molecule has 2 fully saturated rings. The lowest BCUT2D eigenvalue weighted by Gasteiger charge is -2.29. The average Bonchev–Trinajstić information content (AvgIpc) is 2.40. The van der Waals surface area contributed by atoms with E-state index in [1.165, 1.54) is 25.8 Å². The van der Waals surface area contributed by atoms with Crippen LogP contribution in [0.3, 0.4) is 0 Å². The zero-order valence-electron chi connectivity index (χ0n) is 7.05. The normalized spacial score (nSPS) is 42.4. The van der Waals surface area contributed by atoms with Crippen molar-refractivity contribution >= 4 is 0 Å². The Morgan fingerprint density at radius 3 is 3.18 bits per heavy atom. The second kappa shape index (κ2) is 2.98. The van der Waals surface area contributed by atoms with Gasteiger partial charge in [-0.15, -0.1) is 6.58 Å². The summed E-state index contributed by atoms with van der Waals surface area (Å²) < 4.78 is 0. The Hall–Kier alpha value is -0.300. The lowest BCUT2D eigenvalue weighted by atomic mass is 9.91. The van der Waals surface area contributed by atoms with Crippen molar-refractivity contribution in [3.8, 4) is 0 Å². The van der Waals surface area contributed by atoms with E-state index in [1.807, 2.05) is 0 Å². The van der Waals surface area contributed by atoms with Crippen LogP contribution in [0.5, 0.6) is 0 Å². The summed E-state index contributed by atoms with van der Waals surface area (Å²) in [5, 5.41) is 3.61. The van der Waals surface area contributed by atoms with Crippen molar-refractivity contribution in [1.29, 1.82) is 0 Å². The fraction of sp³-hybridized carbons (Fsp3) is 0.800. The molecule has 1 heterocycles. The van der Waals surface area contributed by atoms with E-state index in [9.17, 15) is 0 Å². The van der Waals surface area contributed by atoms with Gasteiger partial charge in [-0.3, -0.25) is 0 Å². The van der Waals surface area contributed by atoms with Crippen molar-refractivity contribution < 1.29 is 0 Å². The summed E-state index contributed by atoms with van der Waals surface area (Å²) in [6.45, 7) is 5.06. The highest BCUT2D eigenvalue weighted by Gasteiger charge is 2.34. The molecule has 0 amide bonds. The smallest absolute Gasteiger partial charge is 0.0130 e. The molecule has 62 valence electrons. The molecule has 1 aliphatic carbocycles. The molecule has 0 aromatic carbocycles. The Morgan fingerprint density at radius 2 is 2.36 bits per heavy atom. The molecule has 11 heavy (non-hydrogen) atoms. The lowest BCUT2D eigenvalue weighted by Crippen LogP contribution is -2.40. The lowest BCUT2D eigenvalue weighted by molar-refractivity contribution is 0.290. The third-order valence-electron chi connectivity index (χ3n) is 3.24. The predicted molar refractivity (Wildman–Crippen MR) is 47.4 cm³/mol. The maximum Gasteiger partial charge on any atom is 0.0130 e. The highest BCUT2D eigenvalue weighted by molar-refractivity contribution is 4.93. The molecule has 3 atom stereocenters. The van der Waals surface area contributed by atoms with Gasteiger partial charge in [0.25, 0.3) is 0 Å². The number of fused-ring (bicyclic) bond motifs is 2. The van der Waals surface area contributed by atoms with Crippen LogP contribution < -0.4 is 5.32 Å². The topological polar surface area (TPSA) is 12.0 Å². The molecular formula is C10H17N. The molecule has 0 aromatic rings. The van der Waals surface area contributed by atoms with Gasteiger partial charge in [0, 0.05) is 6.04 Å². The molecule has 1 saturated heterocycles. The summed E-state index contributed by atoms with van der Waals surface area (Å²) in [5.41, 5.74) is 0. The van der Waals surface area contributed by atoms with E-state index in [0.29, 0.717) is 0 Å². The SMILES string of the molecule is C=CC[C@H]1NC[C@H]2CC[C@@H]1C2. The zero-order valence-corrected chi connectivity index (χ0v) is 7.05. The van der Waals surface area contributed by atoms with Crippen LogP contribution in [0, 0.1) is 11.8 Å². The van der Waals surface area contributed by atoms with Crippen molar-refractivity contribution in [2.45, 2.75) is 31.7 Å². The van der Waals surface area contributed by atoms with Crippen LogP contribution in [0.4, 0.5) is 0 Å². The molecule has 1 nitrogen and oxygen atoms in total. The second-order valence-electron chi connectivity index (χ2n) is 3.98. The first kappa shape index (κ1) is 7.35. The van der Waals surface area contributed by atoms with E-state index in [2.05, 4.69) is 18.0 Å². The van der Waals surface area contributed by atoms with Crippen molar-refractivity contribution in [2.75, 3.05) is 6.54 Å². The predicted octanol–water partition coefficient (Wildman–Crippen LogP) is 1.95. The Morgan fingerprint density at radius 1 is 1.45 bits per heavy atom. The fourth-order valence-corrected chi connectivity index (χ4v) is 2.60. The molecule has 0 radical (unpaired) electrons. The molecule has 2 bridgehead atoms. The van der Waals surface area contributed by atoms with E-state index < -0.39 is 0 Å². The number of hydrogen-bond donors (Lipinski definition) is 1. The third kappa shape index (κ3) is 1.34. The zero-order chi connectivity index (χ0) is 7.68. The summed E-state index contributed by atoms with van der Waals surface area (Å²) in [5.74, 6) is 1.97. The fourth-order valence-electron chi connectivity index (χ4n) is 2.60. The number of nitrogens with one attached hydrogen (secondary N) is 1. The summed E-state index contributed by atoms with van der Waals surface area (Å²) in [6.07, 6.45) is 7.61. The van der Waals surface area contributed by atoms with Crippen LogP contribution in [0.2, 0.25) is 0 Å². The van der Waals surface area contributed by atoms with Crippen LogP contribution in [-0.2, 0) is 0 Å². The van der Waals surface area contributed by atoms with Crippen molar-refractivity contribution in [2.24, 2.45) is 11.8 Å². The second-order valence-corrected chi connectivity index (χ2v) is 3.98. The van der Waals surface area contributed by atoms with Crippen molar-refractivity contribution in [3.63, 3.8) is 0 Å². The largest absolute Gasteiger partial charge is 0.313 e. The van der Waals surface area contributed by atoms with E-state index in [-0.39, 0.29) is 0 Å². The third-order valence-corrected chi connectivity index (χ3v) is 3.24. The standard InChI is InChI=1S/C10H17N/c1-2-3-10-9-5-4-8(6-9)7-11-10/h2,8-11H,1,3-7H2/t8-,9+,10+/m0/s1. The van der Waals surface area contributed by atoms with Crippen molar-refractivity contribution in [3.05, 3.63) is 12.7 Å². The van der Waals surface area contributed by atoms with Gasteiger partial charge in [-0.1, -0.05) is 6.08 Å². The van der Waals surface area contributed by atoms with Gasteiger partial charge in [-0.25, -0.2) is 0 Å². The minimum absolute atomic E-state index is 0.756. The first-order valence-corrected chi connectivity index (χ1v) is 4.74. The first-order valence-electron chi connectivity index (χ1n) is 4.74. The van der Waals surface area contributed by atoms with E-state index in [4.69, 9.17) is 0 Å². The molecule has 1 aliphatic heterocycles. The molecule has 1 saturated carbocycles. The van der Waals surface area contributed by atoms with Gasteiger partial charge in [0.2, 0.25) is 0 Å². The number of rotatable bonds is 2. The summed E-state index contributed by atoms with van der Waals surface area (Å²) in [6, 6.07) is 0.756. The maximum absolute atomic E-state index is 3.80. The van der Waals surface area contributed by atoms with Crippen LogP contribution in [0.1, 0.15) is 25.7 Å². The van der Waals surface area contributed by atoms with Crippen molar-refractivity contribution in [1.82, 2.24) is 5.32 Å². The first-order chi connectivity index (χ1) is 5.40. The highest BCUT2D eigenvalue weighted by atomic mass is 14.9. The van der Waals surface area contributed by atoms with Crippen LogP contribution in [0.15, 0.2) is 12.7 Å². The van der Waals surface area contributed by atoms with Gasteiger partial charge in [0.1, 0.15) is 0 Å². The summed E-state index contributed by atoms with van der Waals surface area (Å²) in [7, 11) is 0. The van der Waals surface area contributed by atoms with Gasteiger partial charge < -0.3 is 5.32 Å². The average molecular weight is 151 g/mol. The summed E-state index contributed by atoms with van der Waals surface area (Å²) >= 11 is 0. The molecule has 0 unspecified atom stereocenters. The van der Waals surface area contributed by atoms with Gasteiger partial charge in [0.15, 0.2) is 0 Å². The molecule has 2 aliphatic rings. The highest BCUT2D eigenvalue weighted by Crippen LogP contribution is 2.37. The Bertz CT molecular complexity index is 153. The van der Waals surface area contributed by atoms with E-state index >= 15 is 0 Å². The molecular weight excluding hydrogens is 134 g/mol. The molecule has 1 N–H and O–H groups in total.